The van der Waals surface area contributed by atoms with Crippen LogP contribution in [0.15, 0.2) is 54.1 Å². The van der Waals surface area contributed by atoms with Crippen molar-refractivity contribution in [1.82, 2.24) is 9.88 Å². The number of carbonyl (C=O) groups excluding carboxylic acids is 3. The van der Waals surface area contributed by atoms with Crippen molar-refractivity contribution < 1.29 is 19.1 Å². The Morgan fingerprint density at radius 3 is 2.29 bits per heavy atom. The second kappa shape index (κ2) is 9.46. The molecule has 2 aromatic carbocycles. The Kier molecular flexibility index (Phi) is 6.60. The molecule has 174 valence electrons. The number of rotatable bonds is 5. The molecule has 0 unspecified atom stereocenters. The number of carbonyl (C=O) groups is 3. The number of hydrogen-bond donors (Lipinski definition) is 1. The number of hydrogen-bond acceptors (Lipinski definition) is 4. The molecule has 4 amide bonds. The molecule has 7 nitrogen and oxygen atoms in total. The van der Waals surface area contributed by atoms with E-state index in [1.807, 2.05) is 32.9 Å². The van der Waals surface area contributed by atoms with E-state index in [9.17, 15) is 14.4 Å². The van der Waals surface area contributed by atoms with Crippen molar-refractivity contribution in [2.75, 3.05) is 11.5 Å². The van der Waals surface area contributed by atoms with E-state index in [0.29, 0.717) is 18.0 Å². The molecule has 1 aliphatic heterocycles. The van der Waals surface area contributed by atoms with Gasteiger partial charge in [0.2, 0.25) is 0 Å². The number of halogens is 1. The van der Waals surface area contributed by atoms with Crippen LogP contribution in [0, 0.1) is 24.3 Å². The zero-order valence-electron chi connectivity index (χ0n) is 19.3. The van der Waals surface area contributed by atoms with E-state index in [4.69, 9.17) is 4.74 Å². The number of barbiturate groups is 1. The smallest absolute Gasteiger partial charge is 0.335 e. The molecule has 0 bridgehead atoms. The molecule has 2 heterocycles. The van der Waals surface area contributed by atoms with Gasteiger partial charge in [0.1, 0.15) is 11.3 Å². The van der Waals surface area contributed by atoms with Gasteiger partial charge in [-0.1, -0.05) is 0 Å². The maximum atomic E-state index is 13.3. The molecule has 8 heteroatoms. The van der Waals surface area contributed by atoms with Crippen LogP contribution < -0.4 is 15.0 Å². The number of nitrogens with one attached hydrogen (secondary N) is 1. The molecule has 1 N–H and O–H groups in total. The monoisotopic (exact) mass is 569 g/mol. The van der Waals surface area contributed by atoms with Crippen molar-refractivity contribution in [3.8, 4) is 11.4 Å². The van der Waals surface area contributed by atoms with Gasteiger partial charge in [-0.15, -0.1) is 0 Å². The summed E-state index contributed by atoms with van der Waals surface area (Å²) >= 11 is 2.30. The minimum Gasteiger partial charge on any atom is -0.494 e. The predicted octanol–water partition coefficient (Wildman–Crippen LogP) is 5.07. The first-order chi connectivity index (χ1) is 16.2. The first-order valence-electron chi connectivity index (χ1n) is 10.8. The van der Waals surface area contributed by atoms with Gasteiger partial charge >= 0.3 is 6.03 Å². The molecule has 0 atom stereocenters. The highest BCUT2D eigenvalue weighted by Gasteiger charge is 2.37. The van der Waals surface area contributed by atoms with Crippen LogP contribution in [0.5, 0.6) is 5.75 Å². The number of amides is 4. The van der Waals surface area contributed by atoms with Crippen molar-refractivity contribution in [2.45, 2.75) is 27.7 Å². The van der Waals surface area contributed by atoms with E-state index in [0.717, 1.165) is 33.1 Å². The van der Waals surface area contributed by atoms with Gasteiger partial charge < -0.3 is 9.30 Å². The summed E-state index contributed by atoms with van der Waals surface area (Å²) in [5, 5.41) is 2.27. The van der Waals surface area contributed by atoms with E-state index < -0.39 is 17.8 Å². The molecule has 3 aromatic rings. The summed E-state index contributed by atoms with van der Waals surface area (Å²) in [7, 11) is 0. The molecule has 1 fully saturated rings. The van der Waals surface area contributed by atoms with Crippen LogP contribution in [0.25, 0.3) is 11.8 Å². The van der Waals surface area contributed by atoms with Crippen LogP contribution in [0.1, 0.15) is 29.4 Å². The molecule has 1 aromatic heterocycles. The number of anilines is 1. The topological polar surface area (TPSA) is 80.6 Å². The zero-order valence-corrected chi connectivity index (χ0v) is 21.5. The van der Waals surface area contributed by atoms with Crippen LogP contribution in [0.3, 0.4) is 0 Å². The number of imide groups is 2. The fraction of sp³-hybridized carbons (Fsp3) is 0.192. The molecule has 34 heavy (non-hydrogen) atoms. The Bertz CT molecular complexity index is 1340. The fourth-order valence-electron chi connectivity index (χ4n) is 4.00. The Morgan fingerprint density at radius 1 is 0.971 bits per heavy atom. The molecule has 1 saturated heterocycles. The predicted molar refractivity (Wildman–Crippen MR) is 139 cm³/mol. The van der Waals surface area contributed by atoms with Crippen LogP contribution in [0.4, 0.5) is 10.5 Å². The van der Waals surface area contributed by atoms with Crippen molar-refractivity contribution in [3.05, 3.63) is 80.2 Å². The lowest BCUT2D eigenvalue weighted by Crippen LogP contribution is -2.54. The largest absolute Gasteiger partial charge is 0.494 e. The second-order valence-corrected chi connectivity index (χ2v) is 9.14. The van der Waals surface area contributed by atoms with E-state index in [2.05, 4.69) is 51.5 Å². The number of aryl methyl sites for hydroxylation is 2. The average Bonchev–Trinajstić information content (AvgIpc) is 3.07. The van der Waals surface area contributed by atoms with Crippen molar-refractivity contribution in [2.24, 2.45) is 0 Å². The number of ether oxygens (including phenoxy) is 1. The standard InChI is InChI=1S/C26H24IN3O4/c1-5-34-21-9-6-19(7-10-21)30-25(32)22(24(31)28-26(30)33)14-18-13-16(3)29(17(18)4)20-8-11-23(27)15(2)12-20/h6-14H,5H2,1-4H3,(H,28,31,33)/b22-14-. The maximum Gasteiger partial charge on any atom is 0.335 e. The third kappa shape index (κ3) is 4.37. The van der Waals surface area contributed by atoms with E-state index in [1.165, 1.54) is 3.57 Å². The van der Waals surface area contributed by atoms with Crippen LogP contribution >= 0.6 is 22.6 Å². The SMILES string of the molecule is CCOc1ccc(N2C(=O)NC(=O)/C(=C/c3cc(C)n(-c4ccc(I)c(C)c4)c3C)C2=O)cc1. The van der Waals surface area contributed by atoms with Crippen molar-refractivity contribution >= 4 is 52.2 Å². The van der Waals surface area contributed by atoms with Gasteiger partial charge in [0.15, 0.2) is 0 Å². The quantitative estimate of drug-likeness (QED) is 0.264. The minimum atomic E-state index is -0.781. The summed E-state index contributed by atoms with van der Waals surface area (Å²) in [5.41, 5.74) is 4.99. The van der Waals surface area contributed by atoms with Crippen LogP contribution in [-0.2, 0) is 9.59 Å². The average molecular weight is 569 g/mol. The third-order valence-corrected chi connectivity index (χ3v) is 6.89. The first-order valence-corrected chi connectivity index (χ1v) is 11.9. The number of benzene rings is 2. The highest BCUT2D eigenvalue weighted by atomic mass is 127. The van der Waals surface area contributed by atoms with Gasteiger partial charge in [-0.25, -0.2) is 9.69 Å². The molecule has 0 aliphatic carbocycles. The number of aromatic nitrogens is 1. The van der Waals surface area contributed by atoms with Gasteiger partial charge in [0, 0.05) is 20.6 Å². The van der Waals surface area contributed by atoms with Crippen LogP contribution in [-0.4, -0.2) is 29.0 Å². The zero-order chi connectivity index (χ0) is 24.6. The summed E-state index contributed by atoms with van der Waals surface area (Å²) in [6.07, 6.45) is 1.55. The van der Waals surface area contributed by atoms with Gasteiger partial charge in [0.05, 0.1) is 12.3 Å². The summed E-state index contributed by atoms with van der Waals surface area (Å²) in [5.74, 6) is -0.763. The number of urea groups is 1. The van der Waals surface area contributed by atoms with Gasteiger partial charge in [0.25, 0.3) is 11.8 Å². The van der Waals surface area contributed by atoms with Gasteiger partial charge in [-0.3, -0.25) is 14.9 Å². The molecule has 0 saturated carbocycles. The van der Waals surface area contributed by atoms with E-state index >= 15 is 0 Å². The molecule has 1 aliphatic rings. The lowest BCUT2D eigenvalue weighted by atomic mass is 10.1. The third-order valence-electron chi connectivity index (χ3n) is 5.68. The lowest BCUT2D eigenvalue weighted by molar-refractivity contribution is -0.122. The summed E-state index contributed by atoms with van der Waals surface area (Å²) in [4.78, 5) is 39.3. The van der Waals surface area contributed by atoms with E-state index in [-0.39, 0.29) is 5.57 Å². The number of nitrogens with zero attached hydrogens (tertiary/aromatic N) is 2. The molecule has 4 rings (SSSR count). The fourth-order valence-corrected chi connectivity index (χ4v) is 4.34. The molecular formula is C26H24IN3O4. The molecule has 0 radical (unpaired) electrons. The van der Waals surface area contributed by atoms with Gasteiger partial charge in [-0.05, 0) is 116 Å². The Hall–Kier alpha value is -3.40. The highest BCUT2D eigenvalue weighted by Crippen LogP contribution is 2.28. The summed E-state index contributed by atoms with van der Waals surface area (Å²) < 4.78 is 8.68. The molecule has 0 spiro atoms. The Labute approximate surface area is 211 Å². The van der Waals surface area contributed by atoms with Crippen molar-refractivity contribution in [1.29, 1.82) is 0 Å². The first kappa shape index (κ1) is 23.7. The normalized spacial score (nSPS) is 15.1. The minimum absolute atomic E-state index is 0.104. The molecular weight excluding hydrogens is 545 g/mol. The lowest BCUT2D eigenvalue weighted by Gasteiger charge is -2.26. The second-order valence-electron chi connectivity index (χ2n) is 7.98. The Morgan fingerprint density at radius 2 is 1.65 bits per heavy atom. The van der Waals surface area contributed by atoms with Crippen molar-refractivity contribution in [3.63, 3.8) is 0 Å². The maximum absolute atomic E-state index is 13.3. The van der Waals surface area contributed by atoms with Crippen LogP contribution in [0.2, 0.25) is 0 Å². The Balaban J connectivity index is 1.72. The highest BCUT2D eigenvalue weighted by molar-refractivity contribution is 14.1. The summed E-state index contributed by atoms with van der Waals surface area (Å²) in [6.45, 7) is 8.34. The van der Waals surface area contributed by atoms with E-state index in [1.54, 1.807) is 30.3 Å². The van der Waals surface area contributed by atoms with Gasteiger partial charge in [-0.2, -0.15) is 0 Å². The summed E-state index contributed by atoms with van der Waals surface area (Å²) in [6, 6.07) is 13.9.